The Balaban J connectivity index is 2.21. The van der Waals surface area contributed by atoms with Gasteiger partial charge < -0.3 is 10.2 Å². The summed E-state index contributed by atoms with van der Waals surface area (Å²) in [7, 11) is 0. The number of piperazine rings is 1. The van der Waals surface area contributed by atoms with Crippen LogP contribution >= 0.6 is 0 Å². The molecular weight excluding hydrogens is 228 g/mol. The average Bonchev–Trinajstić information content (AvgIpc) is 2.42. The van der Waals surface area contributed by atoms with Gasteiger partial charge in [0.05, 0.1) is 12.6 Å². The van der Waals surface area contributed by atoms with Crippen LogP contribution in [-0.4, -0.2) is 61.0 Å². The Morgan fingerprint density at radius 2 is 2.06 bits per heavy atom. The van der Waals surface area contributed by atoms with E-state index in [1.54, 1.807) is 0 Å². The number of nitrogens with one attached hydrogen (secondary N) is 1. The van der Waals surface area contributed by atoms with Crippen molar-refractivity contribution in [3.05, 3.63) is 0 Å². The maximum absolute atomic E-state index is 11.9. The van der Waals surface area contributed by atoms with E-state index >= 15 is 0 Å². The minimum absolute atomic E-state index is 0.190. The van der Waals surface area contributed by atoms with Crippen molar-refractivity contribution in [3.8, 4) is 6.07 Å². The third-order valence-electron chi connectivity index (χ3n) is 3.48. The van der Waals surface area contributed by atoms with Crippen LogP contribution in [0.5, 0.6) is 0 Å². The topological polar surface area (TPSA) is 59.4 Å². The number of rotatable bonds is 6. The van der Waals surface area contributed by atoms with Crippen LogP contribution in [0.4, 0.5) is 0 Å². The Labute approximate surface area is 110 Å². The molecule has 0 aromatic rings. The second-order valence-corrected chi connectivity index (χ2v) is 4.82. The van der Waals surface area contributed by atoms with Crippen molar-refractivity contribution in [1.82, 2.24) is 15.1 Å². The predicted molar refractivity (Wildman–Crippen MR) is 71.0 cm³/mol. The van der Waals surface area contributed by atoms with Gasteiger partial charge in [0.1, 0.15) is 0 Å². The van der Waals surface area contributed by atoms with Gasteiger partial charge in [0.15, 0.2) is 0 Å². The molecule has 1 rings (SSSR count). The van der Waals surface area contributed by atoms with Gasteiger partial charge in [-0.05, 0) is 13.3 Å². The lowest BCUT2D eigenvalue weighted by molar-refractivity contribution is -0.132. The molecule has 5 nitrogen and oxygen atoms in total. The molecule has 5 heteroatoms. The second kappa shape index (κ2) is 8.06. The molecule has 0 aromatic carbocycles. The summed E-state index contributed by atoms with van der Waals surface area (Å²) in [4.78, 5) is 16.1. The van der Waals surface area contributed by atoms with E-state index in [1.165, 1.54) is 0 Å². The van der Waals surface area contributed by atoms with Crippen molar-refractivity contribution in [1.29, 1.82) is 5.26 Å². The zero-order valence-corrected chi connectivity index (χ0v) is 11.5. The van der Waals surface area contributed by atoms with Crippen molar-refractivity contribution in [2.24, 2.45) is 0 Å². The summed E-state index contributed by atoms with van der Waals surface area (Å²) in [6.45, 7) is 8.80. The highest BCUT2D eigenvalue weighted by Crippen LogP contribution is 2.02. The van der Waals surface area contributed by atoms with Gasteiger partial charge in [-0.2, -0.15) is 5.26 Å². The lowest BCUT2D eigenvalue weighted by atomic mass is 10.2. The fraction of sp³-hybridized carbons (Fsp3) is 0.846. The summed E-state index contributed by atoms with van der Waals surface area (Å²) in [6, 6.07) is 2.55. The molecule has 1 aliphatic rings. The van der Waals surface area contributed by atoms with E-state index in [9.17, 15) is 4.79 Å². The molecule has 1 heterocycles. The highest BCUT2D eigenvalue weighted by molar-refractivity contribution is 5.78. The molecule has 18 heavy (non-hydrogen) atoms. The zero-order chi connectivity index (χ0) is 13.4. The smallest absolute Gasteiger partial charge is 0.236 e. The van der Waals surface area contributed by atoms with Crippen LogP contribution < -0.4 is 5.32 Å². The van der Waals surface area contributed by atoms with Crippen molar-refractivity contribution in [3.63, 3.8) is 0 Å². The molecule has 1 saturated heterocycles. The predicted octanol–water partition coefficient (Wildman–Crippen LogP) is 0.432. The molecule has 1 unspecified atom stereocenters. The summed E-state index contributed by atoms with van der Waals surface area (Å²) in [5.41, 5.74) is 0. The minimum atomic E-state index is 0.190. The highest BCUT2D eigenvalue weighted by atomic mass is 16.2. The summed E-state index contributed by atoms with van der Waals surface area (Å²) < 4.78 is 0. The van der Waals surface area contributed by atoms with Crippen molar-refractivity contribution in [2.75, 3.05) is 39.3 Å². The number of hydrogen-bond acceptors (Lipinski definition) is 4. The zero-order valence-electron chi connectivity index (χ0n) is 11.5. The van der Waals surface area contributed by atoms with E-state index in [0.29, 0.717) is 19.0 Å². The van der Waals surface area contributed by atoms with Crippen LogP contribution in [0.1, 0.15) is 26.7 Å². The van der Waals surface area contributed by atoms with E-state index in [2.05, 4.69) is 30.1 Å². The van der Waals surface area contributed by atoms with Crippen LogP contribution in [0.15, 0.2) is 0 Å². The molecule has 1 amide bonds. The van der Waals surface area contributed by atoms with Gasteiger partial charge in [-0.25, -0.2) is 0 Å². The van der Waals surface area contributed by atoms with Gasteiger partial charge in [0.2, 0.25) is 5.91 Å². The monoisotopic (exact) mass is 252 g/mol. The van der Waals surface area contributed by atoms with Crippen LogP contribution in [0.2, 0.25) is 0 Å². The van der Waals surface area contributed by atoms with Crippen molar-refractivity contribution < 1.29 is 4.79 Å². The lowest BCUT2D eigenvalue weighted by Crippen LogP contribution is -2.51. The molecule has 1 fully saturated rings. The molecule has 0 saturated carbocycles. The number of carbonyl (C=O) groups is 1. The van der Waals surface area contributed by atoms with Gasteiger partial charge >= 0.3 is 0 Å². The van der Waals surface area contributed by atoms with Crippen molar-refractivity contribution in [2.45, 2.75) is 32.7 Å². The highest BCUT2D eigenvalue weighted by Gasteiger charge is 2.20. The third kappa shape index (κ3) is 5.03. The Morgan fingerprint density at radius 1 is 1.39 bits per heavy atom. The molecule has 0 aliphatic carbocycles. The minimum Gasteiger partial charge on any atom is -0.339 e. The van der Waals surface area contributed by atoms with Crippen LogP contribution in [-0.2, 0) is 4.79 Å². The van der Waals surface area contributed by atoms with Crippen LogP contribution in [0, 0.1) is 11.3 Å². The Kier molecular flexibility index (Phi) is 6.69. The maximum Gasteiger partial charge on any atom is 0.236 e. The largest absolute Gasteiger partial charge is 0.339 e. The Bertz CT molecular complexity index is 292. The standard InChI is InChI=1S/C13H24N4O/c1-3-12(2)15-11-13(18)17-9-7-16(8-10-17)6-4-5-14/h12,15H,3-4,6-11H2,1-2H3. The van der Waals surface area contributed by atoms with E-state index in [1.807, 2.05) is 4.90 Å². The molecule has 0 bridgehead atoms. The summed E-state index contributed by atoms with van der Waals surface area (Å²) in [5, 5.41) is 11.8. The van der Waals surface area contributed by atoms with E-state index in [-0.39, 0.29) is 5.91 Å². The molecule has 0 aromatic heterocycles. The first-order valence-corrected chi connectivity index (χ1v) is 6.77. The fourth-order valence-corrected chi connectivity index (χ4v) is 1.95. The summed E-state index contributed by atoms with van der Waals surface area (Å²) in [5.74, 6) is 0.190. The number of nitrogens with zero attached hydrogens (tertiary/aromatic N) is 3. The first-order valence-electron chi connectivity index (χ1n) is 6.77. The fourth-order valence-electron chi connectivity index (χ4n) is 1.95. The van der Waals surface area contributed by atoms with Crippen LogP contribution in [0.3, 0.4) is 0 Å². The molecule has 0 radical (unpaired) electrons. The number of nitriles is 1. The Hall–Kier alpha value is -1.12. The molecule has 102 valence electrons. The van der Waals surface area contributed by atoms with Gasteiger partial charge in [-0.15, -0.1) is 0 Å². The number of hydrogen-bond donors (Lipinski definition) is 1. The van der Waals surface area contributed by atoms with Gasteiger partial charge in [0.25, 0.3) is 0 Å². The maximum atomic E-state index is 11.9. The second-order valence-electron chi connectivity index (χ2n) is 4.82. The van der Waals surface area contributed by atoms with E-state index < -0.39 is 0 Å². The van der Waals surface area contributed by atoms with Crippen molar-refractivity contribution >= 4 is 5.91 Å². The summed E-state index contributed by atoms with van der Waals surface area (Å²) >= 11 is 0. The molecule has 1 aliphatic heterocycles. The summed E-state index contributed by atoms with van der Waals surface area (Å²) in [6.07, 6.45) is 1.61. The third-order valence-corrected chi connectivity index (χ3v) is 3.48. The molecule has 0 spiro atoms. The first kappa shape index (κ1) is 14.9. The Morgan fingerprint density at radius 3 is 2.61 bits per heavy atom. The van der Waals surface area contributed by atoms with E-state index in [0.717, 1.165) is 39.1 Å². The molecule has 1 atom stereocenters. The van der Waals surface area contributed by atoms with E-state index in [4.69, 9.17) is 5.26 Å². The molecule has 1 N–H and O–H groups in total. The molecular formula is C13H24N4O. The SMILES string of the molecule is CCC(C)NCC(=O)N1CCN(CCC#N)CC1. The quantitative estimate of drug-likeness (QED) is 0.745. The average molecular weight is 252 g/mol. The van der Waals surface area contributed by atoms with Gasteiger partial charge in [-0.1, -0.05) is 6.92 Å². The van der Waals surface area contributed by atoms with Crippen LogP contribution in [0.25, 0.3) is 0 Å². The normalized spacial score (nSPS) is 18.4. The first-order chi connectivity index (χ1) is 8.67. The lowest BCUT2D eigenvalue weighted by Gasteiger charge is -2.34. The van der Waals surface area contributed by atoms with Gasteiger partial charge in [-0.3, -0.25) is 9.69 Å². The number of amides is 1. The number of carbonyl (C=O) groups excluding carboxylic acids is 1. The van der Waals surface area contributed by atoms with Gasteiger partial charge in [0, 0.05) is 45.2 Å².